The molecule has 0 fully saturated rings. The summed E-state index contributed by atoms with van der Waals surface area (Å²) in [4.78, 5) is 0. The molecule has 1 aromatic rings. The molecule has 0 bridgehead atoms. The lowest BCUT2D eigenvalue weighted by molar-refractivity contribution is -0.123. The molecular weight excluding hydrogens is 235 g/mol. The molecule has 1 aromatic carbocycles. The number of halogens is 3. The van der Waals surface area contributed by atoms with Gasteiger partial charge in [0.25, 0.3) is 0 Å². The van der Waals surface area contributed by atoms with E-state index in [-0.39, 0.29) is 5.56 Å². The van der Waals surface area contributed by atoms with Crippen molar-refractivity contribution < 1.29 is 22.6 Å². The molecule has 1 atom stereocenters. The molecule has 0 spiro atoms. The summed E-state index contributed by atoms with van der Waals surface area (Å²) < 4.78 is 49.4. The van der Waals surface area contributed by atoms with Gasteiger partial charge in [-0.15, -0.1) is 0 Å². The number of hydrogen-bond acceptors (Lipinski definition) is 3. The number of nitrogens with one attached hydrogen (secondary N) is 1. The normalized spacial score (nSPS) is 13.1. The number of hydrogen-bond donors (Lipinski definition) is 1. The molecule has 1 N–H and O–H groups in total. The summed E-state index contributed by atoms with van der Waals surface area (Å²) >= 11 is 0. The summed E-state index contributed by atoms with van der Waals surface area (Å²) in [5.74, 6) is -3.98. The first kappa shape index (κ1) is 14.0. The van der Waals surface area contributed by atoms with Gasteiger partial charge in [0.1, 0.15) is 0 Å². The highest BCUT2D eigenvalue weighted by Gasteiger charge is 2.26. The maximum Gasteiger partial charge on any atom is 0.194 e. The number of likely N-dealkylation sites (N-methyl/N-ethyl adjacent to an activating group) is 1. The second-order valence-electron chi connectivity index (χ2n) is 3.37. The molecule has 0 aliphatic heterocycles. The molecule has 6 heteroatoms. The van der Waals surface area contributed by atoms with Crippen LogP contribution < -0.4 is 5.32 Å². The summed E-state index contributed by atoms with van der Waals surface area (Å²) in [6.07, 6.45) is -0.806. The predicted octanol–water partition coefficient (Wildman–Crippen LogP) is 1.98. The van der Waals surface area contributed by atoms with E-state index in [9.17, 15) is 13.2 Å². The van der Waals surface area contributed by atoms with Crippen molar-refractivity contribution in [2.24, 2.45) is 0 Å². The predicted molar refractivity (Wildman–Crippen MR) is 55.9 cm³/mol. The molecule has 0 amide bonds. The van der Waals surface area contributed by atoms with Crippen LogP contribution >= 0.6 is 0 Å². The zero-order valence-electron chi connectivity index (χ0n) is 9.76. The fourth-order valence-corrected chi connectivity index (χ4v) is 1.59. The first-order valence-electron chi connectivity index (χ1n) is 4.93. The zero-order valence-corrected chi connectivity index (χ0v) is 9.76. The van der Waals surface area contributed by atoms with Crippen molar-refractivity contribution in [1.29, 1.82) is 0 Å². The highest BCUT2D eigenvalue weighted by Crippen LogP contribution is 2.25. The topological polar surface area (TPSA) is 30.5 Å². The van der Waals surface area contributed by atoms with E-state index in [2.05, 4.69) is 5.32 Å². The van der Waals surface area contributed by atoms with Crippen LogP contribution in [-0.2, 0) is 9.47 Å². The summed E-state index contributed by atoms with van der Waals surface area (Å²) in [6.45, 7) is 0. The summed E-state index contributed by atoms with van der Waals surface area (Å²) in [7, 11) is 4.28. The van der Waals surface area contributed by atoms with E-state index in [1.807, 2.05) is 0 Å². The van der Waals surface area contributed by atoms with Crippen LogP contribution in [0.15, 0.2) is 12.1 Å². The Hall–Kier alpha value is -1.11. The molecule has 1 unspecified atom stereocenters. The molecule has 0 radical (unpaired) electrons. The highest BCUT2D eigenvalue weighted by atomic mass is 19.2. The van der Waals surface area contributed by atoms with Gasteiger partial charge in [0.2, 0.25) is 0 Å². The third kappa shape index (κ3) is 2.77. The van der Waals surface area contributed by atoms with Crippen molar-refractivity contribution in [2.75, 3.05) is 21.3 Å². The van der Waals surface area contributed by atoms with Crippen LogP contribution in [0.2, 0.25) is 0 Å². The van der Waals surface area contributed by atoms with E-state index >= 15 is 0 Å². The number of methoxy groups -OCH3 is 2. The highest BCUT2D eigenvalue weighted by molar-refractivity contribution is 5.24. The monoisotopic (exact) mass is 249 g/mol. The zero-order chi connectivity index (χ0) is 13.0. The Bertz CT molecular complexity index is 383. The minimum atomic E-state index is -1.51. The molecule has 0 heterocycles. The van der Waals surface area contributed by atoms with Gasteiger partial charge >= 0.3 is 0 Å². The number of rotatable bonds is 5. The van der Waals surface area contributed by atoms with E-state index in [0.29, 0.717) is 0 Å². The second-order valence-corrected chi connectivity index (χ2v) is 3.37. The van der Waals surface area contributed by atoms with Crippen LogP contribution in [0, 0.1) is 17.5 Å². The van der Waals surface area contributed by atoms with E-state index in [1.165, 1.54) is 21.3 Å². The lowest BCUT2D eigenvalue weighted by Crippen LogP contribution is -2.33. The van der Waals surface area contributed by atoms with Crippen molar-refractivity contribution in [3.05, 3.63) is 35.1 Å². The molecular formula is C11H14F3NO2. The molecule has 0 saturated heterocycles. The summed E-state index contributed by atoms with van der Waals surface area (Å²) in [6, 6.07) is 1.28. The van der Waals surface area contributed by atoms with Gasteiger partial charge < -0.3 is 14.8 Å². The number of benzene rings is 1. The van der Waals surface area contributed by atoms with Gasteiger partial charge in [0.05, 0.1) is 6.04 Å². The Morgan fingerprint density at radius 3 is 2.12 bits per heavy atom. The van der Waals surface area contributed by atoms with Crippen LogP contribution in [0.5, 0.6) is 0 Å². The van der Waals surface area contributed by atoms with Gasteiger partial charge in [-0.25, -0.2) is 13.2 Å². The van der Waals surface area contributed by atoms with Gasteiger partial charge in [-0.2, -0.15) is 0 Å². The first-order valence-corrected chi connectivity index (χ1v) is 4.93. The first-order chi connectivity index (χ1) is 8.06. The van der Waals surface area contributed by atoms with Crippen molar-refractivity contribution in [2.45, 2.75) is 12.3 Å². The van der Waals surface area contributed by atoms with Gasteiger partial charge in [-0.05, 0) is 13.1 Å². The number of ether oxygens (including phenoxy) is 2. The van der Waals surface area contributed by atoms with Crippen molar-refractivity contribution in [1.82, 2.24) is 5.32 Å². The minimum absolute atomic E-state index is 0.0555. The molecule has 3 nitrogen and oxygen atoms in total. The Balaban J connectivity index is 3.16. The third-order valence-corrected chi connectivity index (χ3v) is 2.45. The van der Waals surface area contributed by atoms with Crippen molar-refractivity contribution in [3.8, 4) is 0 Å². The molecule has 0 aromatic heterocycles. The van der Waals surface area contributed by atoms with Crippen molar-refractivity contribution in [3.63, 3.8) is 0 Å². The van der Waals surface area contributed by atoms with Gasteiger partial charge in [-0.1, -0.05) is 6.07 Å². The Morgan fingerprint density at radius 2 is 1.65 bits per heavy atom. The average Bonchev–Trinajstić information content (AvgIpc) is 2.34. The van der Waals surface area contributed by atoms with E-state index < -0.39 is 29.8 Å². The molecule has 17 heavy (non-hydrogen) atoms. The minimum Gasteiger partial charge on any atom is -0.354 e. The largest absolute Gasteiger partial charge is 0.354 e. The van der Waals surface area contributed by atoms with Crippen LogP contribution in [0.1, 0.15) is 11.6 Å². The standard InChI is InChI=1S/C11H14F3NO2/c1-15-10(11(16-2)17-3)6-4-5-7(12)9(14)8(6)13/h4-5,10-11,15H,1-3H3. The van der Waals surface area contributed by atoms with Gasteiger partial charge in [0.15, 0.2) is 23.7 Å². The average molecular weight is 249 g/mol. The van der Waals surface area contributed by atoms with E-state index in [0.717, 1.165) is 12.1 Å². The molecule has 0 aliphatic rings. The molecule has 0 saturated carbocycles. The maximum atomic E-state index is 13.6. The Kier molecular flexibility index (Phi) is 4.92. The van der Waals surface area contributed by atoms with Crippen LogP contribution in [0.3, 0.4) is 0 Å². The van der Waals surface area contributed by atoms with Crippen LogP contribution in [-0.4, -0.2) is 27.6 Å². The summed E-state index contributed by atoms with van der Waals surface area (Å²) in [5, 5.41) is 2.73. The third-order valence-electron chi connectivity index (χ3n) is 2.45. The molecule has 1 rings (SSSR count). The Labute approximate surface area is 97.5 Å². The quantitative estimate of drug-likeness (QED) is 0.639. The second kappa shape index (κ2) is 6.00. The van der Waals surface area contributed by atoms with Gasteiger partial charge in [0, 0.05) is 19.8 Å². The van der Waals surface area contributed by atoms with E-state index in [1.54, 1.807) is 0 Å². The summed E-state index contributed by atoms with van der Waals surface area (Å²) in [5.41, 5.74) is -0.0555. The Morgan fingerprint density at radius 1 is 1.06 bits per heavy atom. The lowest BCUT2D eigenvalue weighted by atomic mass is 10.1. The SMILES string of the molecule is CNC(c1ccc(F)c(F)c1F)C(OC)OC. The van der Waals surface area contributed by atoms with E-state index in [4.69, 9.17) is 9.47 Å². The molecule has 96 valence electrons. The molecule has 0 aliphatic carbocycles. The smallest absolute Gasteiger partial charge is 0.194 e. The van der Waals surface area contributed by atoms with Crippen LogP contribution in [0.25, 0.3) is 0 Å². The van der Waals surface area contributed by atoms with Crippen molar-refractivity contribution >= 4 is 0 Å². The van der Waals surface area contributed by atoms with Gasteiger partial charge in [-0.3, -0.25) is 0 Å². The maximum absolute atomic E-state index is 13.6. The van der Waals surface area contributed by atoms with Crippen LogP contribution in [0.4, 0.5) is 13.2 Å². The lowest BCUT2D eigenvalue weighted by Gasteiger charge is -2.25. The fourth-order valence-electron chi connectivity index (χ4n) is 1.59. The fraction of sp³-hybridized carbons (Fsp3) is 0.455.